The molecule has 4 atom stereocenters. The molecule has 2 aliphatic carbocycles. The summed E-state index contributed by atoms with van der Waals surface area (Å²) in [6, 6.07) is 0. The summed E-state index contributed by atoms with van der Waals surface area (Å²) in [7, 11) is 1.60. The molecule has 0 aromatic heterocycles. The molecule has 1 saturated heterocycles. The Morgan fingerprint density at radius 3 is 3.27 bits per heavy atom. The molecular formula is C12H16O3. The third kappa shape index (κ3) is 1.11. The van der Waals surface area contributed by atoms with Crippen LogP contribution in [0.3, 0.4) is 0 Å². The first-order valence-electron chi connectivity index (χ1n) is 5.67. The fourth-order valence-corrected chi connectivity index (χ4v) is 3.46. The highest BCUT2D eigenvalue weighted by atomic mass is 16.7. The Morgan fingerprint density at radius 1 is 1.60 bits per heavy atom. The number of rotatable bonds is 1. The van der Waals surface area contributed by atoms with Crippen molar-refractivity contribution in [2.75, 3.05) is 13.7 Å². The highest BCUT2D eigenvalue weighted by Crippen LogP contribution is 2.51. The summed E-state index contributed by atoms with van der Waals surface area (Å²) in [4.78, 5) is 12.0. The molecule has 15 heavy (non-hydrogen) atoms. The summed E-state index contributed by atoms with van der Waals surface area (Å²) in [6.45, 7) is 0.672. The number of Topliss-reactive ketones (excluding diaryl/α,β-unsaturated/α-hetero) is 1. The lowest BCUT2D eigenvalue weighted by atomic mass is 9.66. The third-order valence-corrected chi connectivity index (χ3v) is 4.14. The first-order chi connectivity index (χ1) is 7.28. The summed E-state index contributed by atoms with van der Waals surface area (Å²) < 4.78 is 11.2. The minimum absolute atomic E-state index is 0.143. The Bertz CT molecular complexity index is 323. The number of methoxy groups -OCH3 is 1. The number of carbonyl (C=O) groups is 1. The van der Waals surface area contributed by atoms with Crippen molar-refractivity contribution in [3.05, 3.63) is 12.2 Å². The summed E-state index contributed by atoms with van der Waals surface area (Å²) in [6.07, 6.45) is 7.06. The molecule has 1 heterocycles. The van der Waals surface area contributed by atoms with Gasteiger partial charge in [-0.3, -0.25) is 4.79 Å². The molecule has 0 aromatic carbocycles. The van der Waals surface area contributed by atoms with Crippen LogP contribution in [0.15, 0.2) is 12.2 Å². The van der Waals surface area contributed by atoms with Crippen molar-refractivity contribution in [3.63, 3.8) is 0 Å². The zero-order valence-corrected chi connectivity index (χ0v) is 8.94. The van der Waals surface area contributed by atoms with Crippen molar-refractivity contribution < 1.29 is 14.3 Å². The third-order valence-electron chi connectivity index (χ3n) is 4.14. The van der Waals surface area contributed by atoms with Crippen LogP contribution in [0.25, 0.3) is 0 Å². The van der Waals surface area contributed by atoms with E-state index in [4.69, 9.17) is 9.47 Å². The molecule has 0 aromatic rings. The number of ketones is 1. The minimum atomic E-state index is -0.904. The van der Waals surface area contributed by atoms with Gasteiger partial charge in [-0.25, -0.2) is 0 Å². The second-order valence-corrected chi connectivity index (χ2v) is 4.76. The summed E-state index contributed by atoms with van der Waals surface area (Å²) in [5, 5.41) is 0. The lowest BCUT2D eigenvalue weighted by Gasteiger charge is -2.42. The van der Waals surface area contributed by atoms with Crippen molar-refractivity contribution in [1.82, 2.24) is 0 Å². The van der Waals surface area contributed by atoms with Crippen LogP contribution >= 0.6 is 0 Å². The second kappa shape index (κ2) is 3.16. The van der Waals surface area contributed by atoms with Crippen LogP contribution in [0.5, 0.6) is 0 Å². The van der Waals surface area contributed by atoms with E-state index < -0.39 is 5.79 Å². The highest BCUT2D eigenvalue weighted by Gasteiger charge is 2.60. The van der Waals surface area contributed by atoms with Gasteiger partial charge in [0, 0.05) is 19.4 Å². The normalized spacial score (nSPS) is 48.1. The van der Waals surface area contributed by atoms with Gasteiger partial charge in [0.2, 0.25) is 5.79 Å². The van der Waals surface area contributed by atoms with E-state index in [1.807, 2.05) is 0 Å². The molecule has 3 nitrogen and oxygen atoms in total. The van der Waals surface area contributed by atoms with E-state index in [1.54, 1.807) is 7.11 Å². The molecule has 0 N–H and O–H groups in total. The van der Waals surface area contributed by atoms with Crippen LogP contribution in [-0.2, 0) is 14.3 Å². The van der Waals surface area contributed by atoms with E-state index in [1.165, 1.54) is 0 Å². The molecular weight excluding hydrogens is 192 g/mol. The van der Waals surface area contributed by atoms with E-state index in [9.17, 15) is 4.79 Å². The van der Waals surface area contributed by atoms with Crippen LogP contribution < -0.4 is 0 Å². The van der Waals surface area contributed by atoms with Gasteiger partial charge in [0.15, 0.2) is 5.78 Å². The van der Waals surface area contributed by atoms with Crippen molar-refractivity contribution in [2.45, 2.75) is 25.0 Å². The van der Waals surface area contributed by atoms with E-state index >= 15 is 0 Å². The molecule has 0 amide bonds. The Morgan fingerprint density at radius 2 is 2.47 bits per heavy atom. The average molecular weight is 208 g/mol. The van der Waals surface area contributed by atoms with Crippen LogP contribution in [0, 0.1) is 17.8 Å². The maximum atomic E-state index is 12.0. The standard InChI is InChI=1S/C12H16O3/c1-14-12-10(13)6-5-8-3-2-4-9(7-15-12)11(8)12/h2-3,8-9,11H,4-7H2,1H3/t8-,9+,11+,12+/m0/s1. The lowest BCUT2D eigenvalue weighted by molar-refractivity contribution is -0.224. The molecule has 3 heteroatoms. The van der Waals surface area contributed by atoms with Gasteiger partial charge >= 0.3 is 0 Å². The van der Waals surface area contributed by atoms with Gasteiger partial charge in [-0.1, -0.05) is 12.2 Å². The molecule has 0 spiro atoms. The number of hydrogen-bond donors (Lipinski definition) is 0. The number of allylic oxidation sites excluding steroid dienone is 2. The average Bonchev–Trinajstić information content (AvgIpc) is 2.66. The number of carbonyl (C=O) groups excluding carboxylic acids is 1. The maximum Gasteiger partial charge on any atom is 0.232 e. The minimum Gasteiger partial charge on any atom is -0.347 e. The van der Waals surface area contributed by atoms with Crippen LogP contribution in [0.2, 0.25) is 0 Å². The van der Waals surface area contributed by atoms with Gasteiger partial charge in [-0.15, -0.1) is 0 Å². The van der Waals surface area contributed by atoms with E-state index in [2.05, 4.69) is 12.2 Å². The zero-order valence-electron chi connectivity index (χ0n) is 8.94. The van der Waals surface area contributed by atoms with Crippen LogP contribution in [-0.4, -0.2) is 25.3 Å². The summed E-state index contributed by atoms with van der Waals surface area (Å²) >= 11 is 0. The maximum absolute atomic E-state index is 12.0. The first kappa shape index (κ1) is 9.55. The predicted octanol–water partition coefficient (Wildman–Crippen LogP) is 1.53. The molecule has 3 rings (SSSR count). The molecule has 0 bridgehead atoms. The number of ether oxygens (including phenoxy) is 2. The van der Waals surface area contributed by atoms with Crippen molar-refractivity contribution in [2.24, 2.45) is 17.8 Å². The summed E-state index contributed by atoms with van der Waals surface area (Å²) in [5.41, 5.74) is 0. The zero-order chi connectivity index (χ0) is 10.5. The molecule has 1 aliphatic heterocycles. The monoisotopic (exact) mass is 208 g/mol. The SMILES string of the molecule is CO[C@@]12OC[C@H]3CC=C[C@@H](CCC1=O)[C@H]32. The van der Waals surface area contributed by atoms with Crippen molar-refractivity contribution >= 4 is 5.78 Å². The Kier molecular flexibility index (Phi) is 2.01. The van der Waals surface area contributed by atoms with Gasteiger partial charge in [-0.05, 0) is 24.7 Å². The second-order valence-electron chi connectivity index (χ2n) is 4.76. The molecule has 1 saturated carbocycles. The quantitative estimate of drug-likeness (QED) is 0.613. The van der Waals surface area contributed by atoms with E-state index in [-0.39, 0.29) is 11.7 Å². The fraction of sp³-hybridized carbons (Fsp3) is 0.750. The van der Waals surface area contributed by atoms with Gasteiger partial charge < -0.3 is 9.47 Å². The van der Waals surface area contributed by atoms with Gasteiger partial charge in [0.1, 0.15) is 0 Å². The fourth-order valence-electron chi connectivity index (χ4n) is 3.46. The van der Waals surface area contributed by atoms with Gasteiger partial charge in [0.25, 0.3) is 0 Å². The molecule has 3 aliphatic rings. The Hall–Kier alpha value is -0.670. The Balaban J connectivity index is 2.04. The lowest BCUT2D eigenvalue weighted by Crippen LogP contribution is -2.53. The Labute approximate surface area is 89.4 Å². The topological polar surface area (TPSA) is 35.5 Å². The molecule has 82 valence electrons. The van der Waals surface area contributed by atoms with Crippen LogP contribution in [0.1, 0.15) is 19.3 Å². The smallest absolute Gasteiger partial charge is 0.232 e. The highest BCUT2D eigenvalue weighted by molar-refractivity contribution is 5.87. The molecule has 0 radical (unpaired) electrons. The molecule has 0 unspecified atom stereocenters. The first-order valence-corrected chi connectivity index (χ1v) is 5.67. The van der Waals surface area contributed by atoms with Crippen LogP contribution in [0.4, 0.5) is 0 Å². The van der Waals surface area contributed by atoms with Crippen molar-refractivity contribution in [3.8, 4) is 0 Å². The van der Waals surface area contributed by atoms with Crippen molar-refractivity contribution in [1.29, 1.82) is 0 Å². The van der Waals surface area contributed by atoms with Gasteiger partial charge in [-0.2, -0.15) is 0 Å². The number of hydrogen-bond acceptors (Lipinski definition) is 3. The molecule has 2 fully saturated rings. The predicted molar refractivity (Wildman–Crippen MR) is 54.2 cm³/mol. The van der Waals surface area contributed by atoms with E-state index in [0.29, 0.717) is 24.9 Å². The summed E-state index contributed by atoms with van der Waals surface area (Å²) in [5.74, 6) is 0.448. The van der Waals surface area contributed by atoms with Gasteiger partial charge in [0.05, 0.1) is 6.61 Å². The van der Waals surface area contributed by atoms with E-state index in [0.717, 1.165) is 12.8 Å². The largest absolute Gasteiger partial charge is 0.347 e.